The second kappa shape index (κ2) is 29.0. The summed E-state index contributed by atoms with van der Waals surface area (Å²) in [6, 6.07) is 0. The summed E-state index contributed by atoms with van der Waals surface area (Å²) in [4.78, 5) is 15.5. The van der Waals surface area contributed by atoms with Crippen LogP contribution >= 0.6 is 0 Å². The van der Waals surface area contributed by atoms with Gasteiger partial charge in [-0.15, -0.1) is 0 Å². The molecule has 0 spiro atoms. The highest BCUT2D eigenvalue weighted by Gasteiger charge is 2.74. The molecule has 10 fully saturated rings. The molecule has 0 unspecified atom stereocenters. The molecule has 5 aliphatic carbocycles. The van der Waals surface area contributed by atoms with Crippen molar-refractivity contribution in [1.29, 1.82) is 0 Å². The molecule has 6 heterocycles. The second-order valence-electron chi connectivity index (χ2n) is 31.1. The number of aliphatic hydroxyl groups excluding tert-OH is 21. The number of esters is 1. The van der Waals surface area contributed by atoms with Crippen molar-refractivity contribution in [3.63, 3.8) is 0 Å². The van der Waals surface area contributed by atoms with Crippen LogP contribution in [-0.2, 0) is 61.6 Å². The lowest BCUT2D eigenvalue weighted by Gasteiger charge is -2.72. The van der Waals surface area contributed by atoms with Crippen molar-refractivity contribution in [2.75, 3.05) is 46.2 Å². The van der Waals surface area contributed by atoms with Gasteiger partial charge in [0, 0.05) is 5.41 Å². The molecule has 34 nitrogen and oxygen atoms in total. The van der Waals surface area contributed by atoms with Gasteiger partial charge < -0.3 is 164 Å². The van der Waals surface area contributed by atoms with E-state index in [1.165, 1.54) is 6.92 Å². The van der Waals surface area contributed by atoms with Gasteiger partial charge in [-0.25, -0.2) is 0 Å². The molecule has 564 valence electrons. The van der Waals surface area contributed by atoms with E-state index in [4.69, 9.17) is 56.8 Å². The van der Waals surface area contributed by atoms with Crippen LogP contribution in [0.25, 0.3) is 0 Å². The lowest BCUT2D eigenvalue weighted by molar-refractivity contribution is -0.369. The summed E-state index contributed by atoms with van der Waals surface area (Å²) in [5.41, 5.74) is -5.34. The number of carbonyl (C=O) groups is 1. The van der Waals surface area contributed by atoms with Gasteiger partial charge in [-0.1, -0.05) is 46.3 Å². The zero-order valence-electron chi connectivity index (χ0n) is 55.5. The van der Waals surface area contributed by atoms with E-state index in [0.29, 0.717) is 32.1 Å². The minimum absolute atomic E-state index is 0.0115. The molecule has 0 radical (unpaired) electrons. The fourth-order valence-corrected chi connectivity index (χ4v) is 19.0. The first-order valence-electron chi connectivity index (χ1n) is 34.0. The summed E-state index contributed by atoms with van der Waals surface area (Å²) in [6.45, 7) is 7.00. The highest BCUT2D eigenvalue weighted by molar-refractivity contribution is 5.80. The van der Waals surface area contributed by atoms with E-state index >= 15 is 4.79 Å². The Morgan fingerprint density at radius 2 is 1.01 bits per heavy atom. The van der Waals surface area contributed by atoms with Gasteiger partial charge in [0.05, 0.1) is 70.7 Å². The maximum Gasteiger partial charge on any atom is 0.317 e. The first-order chi connectivity index (χ1) is 46.0. The number of hydrogen-bond acceptors (Lipinski definition) is 34. The predicted molar refractivity (Wildman–Crippen MR) is 320 cm³/mol. The van der Waals surface area contributed by atoms with Crippen molar-refractivity contribution < 1.29 is 169 Å². The van der Waals surface area contributed by atoms with E-state index in [0.717, 1.165) is 5.57 Å². The Morgan fingerprint density at radius 3 is 1.60 bits per heavy atom. The topological polar surface area (TPSA) is 553 Å². The molecule has 0 bridgehead atoms. The van der Waals surface area contributed by atoms with Crippen LogP contribution in [0.2, 0.25) is 0 Å². The molecule has 0 aromatic heterocycles. The van der Waals surface area contributed by atoms with Gasteiger partial charge in [0.15, 0.2) is 37.6 Å². The molecule has 0 aromatic rings. The lowest BCUT2D eigenvalue weighted by Crippen LogP contribution is -2.71. The Labute approximate surface area is 564 Å². The number of rotatable bonds is 17. The quantitative estimate of drug-likeness (QED) is 0.0365. The largest absolute Gasteiger partial charge is 0.432 e. The van der Waals surface area contributed by atoms with Crippen LogP contribution in [0.5, 0.6) is 0 Å². The van der Waals surface area contributed by atoms with Crippen LogP contribution in [0.4, 0.5) is 0 Å². The van der Waals surface area contributed by atoms with Crippen molar-refractivity contribution >= 4 is 5.97 Å². The molecule has 4 saturated carbocycles. The van der Waals surface area contributed by atoms with Crippen molar-refractivity contribution in [1.82, 2.24) is 0 Å². The molecular weight excluding hydrogens is 1310 g/mol. The Bertz CT molecular complexity index is 2750. The number of carbonyl (C=O) groups excluding carboxylic acids is 1. The summed E-state index contributed by atoms with van der Waals surface area (Å²) in [6.07, 6.45) is -48.7. The summed E-state index contributed by atoms with van der Waals surface area (Å²) >= 11 is 0. The number of ether oxygens (including phenoxy) is 12. The van der Waals surface area contributed by atoms with Crippen molar-refractivity contribution in [2.24, 2.45) is 50.2 Å². The van der Waals surface area contributed by atoms with Crippen molar-refractivity contribution in [2.45, 2.75) is 283 Å². The summed E-state index contributed by atoms with van der Waals surface area (Å²) < 4.78 is 70.0. The number of aliphatic hydroxyl groups is 21. The Balaban J connectivity index is 0.788. The van der Waals surface area contributed by atoms with Gasteiger partial charge >= 0.3 is 5.97 Å². The van der Waals surface area contributed by atoms with Crippen LogP contribution in [0.15, 0.2) is 11.6 Å². The molecule has 21 N–H and O–H groups in total. The van der Waals surface area contributed by atoms with Gasteiger partial charge in [0.25, 0.3) is 0 Å². The Kier molecular flexibility index (Phi) is 22.8. The molecule has 98 heavy (non-hydrogen) atoms. The monoisotopic (exact) mass is 1420 g/mol. The average molecular weight is 1420 g/mol. The number of allylic oxidation sites excluding steroid dienone is 2. The fourth-order valence-electron chi connectivity index (χ4n) is 19.0. The number of hydrogen-bond donors (Lipinski definition) is 21. The molecule has 11 aliphatic rings. The van der Waals surface area contributed by atoms with E-state index in [1.807, 2.05) is 6.92 Å². The Morgan fingerprint density at radius 1 is 0.500 bits per heavy atom. The van der Waals surface area contributed by atoms with E-state index in [-0.39, 0.29) is 30.6 Å². The minimum atomic E-state index is -2.02. The average Bonchev–Trinajstić information content (AvgIpc) is 0.669. The lowest BCUT2D eigenvalue weighted by atomic mass is 9.33. The van der Waals surface area contributed by atoms with Gasteiger partial charge in [-0.05, 0) is 97.7 Å². The minimum Gasteiger partial charge on any atom is -0.432 e. The second-order valence-corrected chi connectivity index (χ2v) is 31.1. The molecule has 34 heteroatoms. The third kappa shape index (κ3) is 13.0. The van der Waals surface area contributed by atoms with E-state index in [9.17, 15) is 107 Å². The van der Waals surface area contributed by atoms with Crippen molar-refractivity contribution in [3.8, 4) is 0 Å². The zero-order chi connectivity index (χ0) is 71.6. The third-order valence-electron chi connectivity index (χ3n) is 25.0. The van der Waals surface area contributed by atoms with Gasteiger partial charge in [-0.3, -0.25) is 4.79 Å². The van der Waals surface area contributed by atoms with Crippen LogP contribution in [0, 0.1) is 50.2 Å². The molecule has 11 rings (SSSR count). The molecular formula is C64H104O34. The smallest absolute Gasteiger partial charge is 0.317 e. The molecule has 6 saturated heterocycles. The molecule has 0 aromatic carbocycles. The maximum atomic E-state index is 15.5. The van der Waals surface area contributed by atoms with Crippen LogP contribution in [0.1, 0.15) is 92.9 Å². The van der Waals surface area contributed by atoms with E-state index in [2.05, 4.69) is 33.8 Å². The first-order valence-corrected chi connectivity index (χ1v) is 34.0. The maximum absolute atomic E-state index is 15.5. The predicted octanol–water partition coefficient (Wildman–Crippen LogP) is -8.19. The molecule has 38 atom stereocenters. The normalized spacial score (nSPS) is 54.1. The summed E-state index contributed by atoms with van der Waals surface area (Å²) in [5.74, 6) is -2.54. The Hall–Kier alpha value is -2.07. The molecule has 0 amide bonds. The van der Waals surface area contributed by atoms with Gasteiger partial charge in [0.1, 0.15) is 127 Å². The zero-order valence-corrected chi connectivity index (χ0v) is 55.5. The van der Waals surface area contributed by atoms with Crippen LogP contribution < -0.4 is 0 Å². The standard InChI is InChI=1S/C64H104O34/c1-23-49(95-54-44(81)35(72)27(69)17-87-54)43(80)48(85)55(91-23)96-50-36(73)28(70)18-88-57(50)98-58(86)64-12-11-59(2,3)13-25(64)24-7-8-32-60(4)14-26(68)51(63(21-66,22-67)33(60)9-10-61(32,5)62(24,6)15-34(64)71)97-56-47(84)42(79)39(76)31(94-56)20-90-53-46(83)41(78)38(75)30(93-53)19-89-52-45(82)40(77)37(74)29(16-65)92-52/h7,23,25-57,65-85H,8-22H2,1-6H3/t23-,25-,26-,27+,28-,29+,30+,31+,32+,33-,34+,35-,36+,37+,38+,39+,40-,41-,42-,43-,44+,45+,46+,47+,48+,49-,50+,51-,52+,53+,54-,55-,56-,57-,60+,61+,62+,64+/m0/s1. The van der Waals surface area contributed by atoms with Gasteiger partial charge in [0.2, 0.25) is 6.29 Å². The molecule has 6 aliphatic heterocycles. The summed E-state index contributed by atoms with van der Waals surface area (Å²) in [7, 11) is 0. The fraction of sp³-hybridized carbons (Fsp3) is 0.953. The third-order valence-corrected chi connectivity index (χ3v) is 25.0. The van der Waals surface area contributed by atoms with E-state index in [1.54, 1.807) is 0 Å². The summed E-state index contributed by atoms with van der Waals surface area (Å²) in [5, 5.41) is 232. The highest BCUT2D eigenvalue weighted by atomic mass is 16.8. The van der Waals surface area contributed by atoms with Gasteiger partial charge in [-0.2, -0.15) is 0 Å². The number of fused-ring (bicyclic) bond motifs is 7. The first kappa shape index (κ1) is 77.0. The van der Waals surface area contributed by atoms with Crippen LogP contribution in [-0.4, -0.2) is 350 Å². The van der Waals surface area contributed by atoms with Crippen LogP contribution in [0.3, 0.4) is 0 Å². The highest BCUT2D eigenvalue weighted by Crippen LogP contribution is 2.76. The van der Waals surface area contributed by atoms with E-state index < -0.39 is 281 Å². The van der Waals surface area contributed by atoms with Crippen molar-refractivity contribution in [3.05, 3.63) is 11.6 Å². The SMILES string of the molecule is C[C@@H]1O[C@@H](O[C@H]2[C@H](OC(=O)[C@]34CCC(C)(C)C[C@H]3C3=CC[C@@H]5[C@@]6(C)C[C@H](O)[C@H](O[C@@H]7O[C@H](CO[C@@H]8O[C@H](CO[C@@H]9O[C@H](CO)[C@@H](O)[C@H](O)[C@H]9O)[C@@H](O)[C@H](O)[C@H]8O)[C@@H](O)[C@H](O)[C@H]7O)C(CO)(CO)[C@H]6CC[C@@]5(C)[C@]3(C)C[C@H]4O)OC[C@H](O)[C@H]2O)[C@H](O)[C@H](O)[C@H]1O[C@@H]1OC[C@@H](O)[C@H](O)[C@H]1O.